The monoisotopic (exact) mass is 495 g/mol. The number of nitrogens with zero attached hydrogens (tertiary/aromatic N) is 3. The van der Waals surface area contributed by atoms with E-state index in [-0.39, 0.29) is 5.63 Å². The molecule has 0 aliphatic rings. The summed E-state index contributed by atoms with van der Waals surface area (Å²) in [5.74, 6) is 1.25. The van der Waals surface area contributed by atoms with Crippen LogP contribution in [0.3, 0.4) is 0 Å². The predicted octanol–water partition coefficient (Wildman–Crippen LogP) is 7.14. The lowest BCUT2D eigenvalue weighted by molar-refractivity contribution is 0.560. The Morgan fingerprint density at radius 3 is 2.46 bits per heavy atom. The fraction of sp³-hybridized carbons (Fsp3) is 0.0357. The largest absolute Gasteiger partial charge is 0.423 e. The highest BCUT2D eigenvalue weighted by Crippen LogP contribution is 2.33. The lowest BCUT2D eigenvalue weighted by Gasteiger charge is -2.11. The highest BCUT2D eigenvalue weighted by Gasteiger charge is 2.18. The van der Waals surface area contributed by atoms with E-state index >= 15 is 0 Å². The second kappa shape index (κ2) is 9.06. The first-order valence-corrected chi connectivity index (χ1v) is 12.4. The van der Waals surface area contributed by atoms with Crippen molar-refractivity contribution in [1.29, 1.82) is 0 Å². The van der Waals surface area contributed by atoms with Gasteiger partial charge in [-0.1, -0.05) is 71.9 Å². The molecular weight excluding hydrogens is 478 g/mol. The molecule has 0 atom stereocenters. The minimum absolute atomic E-state index is 0.366. The smallest absolute Gasteiger partial charge is 0.336 e. The van der Waals surface area contributed by atoms with Gasteiger partial charge in [0.25, 0.3) is 0 Å². The number of hydrogen-bond acceptors (Lipinski definition) is 5. The molecule has 6 rings (SSSR count). The molecule has 170 valence electrons. The molecule has 2 aromatic heterocycles. The van der Waals surface area contributed by atoms with E-state index in [4.69, 9.17) is 16.0 Å². The molecule has 0 spiro atoms. The zero-order chi connectivity index (χ0) is 23.8. The normalized spacial score (nSPS) is 11.3. The van der Waals surface area contributed by atoms with Gasteiger partial charge in [-0.15, -0.1) is 10.2 Å². The number of fused-ring (bicyclic) bond motifs is 3. The van der Waals surface area contributed by atoms with Gasteiger partial charge in [0.1, 0.15) is 5.58 Å². The number of halogens is 1. The highest BCUT2D eigenvalue weighted by molar-refractivity contribution is 7.98. The van der Waals surface area contributed by atoms with E-state index < -0.39 is 0 Å². The number of rotatable bonds is 5. The van der Waals surface area contributed by atoms with Crippen molar-refractivity contribution in [2.24, 2.45) is 0 Å². The van der Waals surface area contributed by atoms with Crippen molar-refractivity contribution < 1.29 is 4.42 Å². The van der Waals surface area contributed by atoms with E-state index in [9.17, 15) is 4.79 Å². The molecule has 4 aromatic carbocycles. The van der Waals surface area contributed by atoms with Gasteiger partial charge in [0, 0.05) is 33.5 Å². The maximum absolute atomic E-state index is 12.3. The Balaban J connectivity index is 1.45. The summed E-state index contributed by atoms with van der Waals surface area (Å²) in [5, 5.41) is 13.5. The first-order valence-electron chi connectivity index (χ1n) is 11.0. The third-order valence-corrected chi connectivity index (χ3v) is 7.05. The van der Waals surface area contributed by atoms with Gasteiger partial charge in [-0.3, -0.25) is 4.57 Å². The summed E-state index contributed by atoms with van der Waals surface area (Å²) in [6.45, 7) is 0. The van der Waals surface area contributed by atoms with Crippen molar-refractivity contribution >= 4 is 45.1 Å². The van der Waals surface area contributed by atoms with Crippen LogP contribution < -0.4 is 5.63 Å². The average molecular weight is 496 g/mol. The Labute approximate surface area is 210 Å². The van der Waals surface area contributed by atoms with Crippen molar-refractivity contribution in [3.8, 4) is 17.1 Å². The average Bonchev–Trinajstić information content (AvgIpc) is 3.32. The number of para-hydroxylation sites is 1. The van der Waals surface area contributed by atoms with Crippen LogP contribution in [0.4, 0.5) is 0 Å². The third kappa shape index (κ3) is 4.11. The minimum Gasteiger partial charge on any atom is -0.423 e. The molecule has 0 unspecified atom stereocenters. The van der Waals surface area contributed by atoms with Gasteiger partial charge >= 0.3 is 5.63 Å². The van der Waals surface area contributed by atoms with E-state index in [0.717, 1.165) is 44.0 Å². The van der Waals surface area contributed by atoms with Gasteiger partial charge in [0.15, 0.2) is 11.0 Å². The second-order valence-corrected chi connectivity index (χ2v) is 9.40. The lowest BCUT2D eigenvalue weighted by atomic mass is 10.0. The van der Waals surface area contributed by atoms with Gasteiger partial charge in [0.2, 0.25) is 0 Å². The van der Waals surface area contributed by atoms with E-state index in [1.165, 1.54) is 11.8 Å². The van der Waals surface area contributed by atoms with Gasteiger partial charge in [-0.25, -0.2) is 4.79 Å². The highest BCUT2D eigenvalue weighted by atomic mass is 35.5. The topological polar surface area (TPSA) is 60.9 Å². The summed E-state index contributed by atoms with van der Waals surface area (Å²) in [6, 6.07) is 31.0. The third-order valence-electron chi connectivity index (χ3n) is 5.82. The maximum Gasteiger partial charge on any atom is 0.336 e. The van der Waals surface area contributed by atoms with E-state index in [0.29, 0.717) is 16.4 Å². The summed E-state index contributed by atoms with van der Waals surface area (Å²) >= 11 is 7.63. The van der Waals surface area contributed by atoms with Crippen LogP contribution in [-0.2, 0) is 5.75 Å². The molecule has 2 heterocycles. The summed E-state index contributed by atoms with van der Waals surface area (Å²) in [5.41, 5.74) is 2.98. The summed E-state index contributed by atoms with van der Waals surface area (Å²) in [6.07, 6.45) is 0. The van der Waals surface area contributed by atoms with Gasteiger partial charge in [0.05, 0.1) is 0 Å². The molecule has 0 aliphatic carbocycles. The quantitative estimate of drug-likeness (QED) is 0.144. The minimum atomic E-state index is -0.366. The van der Waals surface area contributed by atoms with Gasteiger partial charge in [-0.2, -0.15) is 0 Å². The van der Waals surface area contributed by atoms with Crippen LogP contribution in [0.2, 0.25) is 5.02 Å². The molecule has 0 radical (unpaired) electrons. The first kappa shape index (κ1) is 21.6. The van der Waals surface area contributed by atoms with Crippen LogP contribution in [0, 0.1) is 0 Å². The maximum atomic E-state index is 12.3. The number of hydrogen-bond donors (Lipinski definition) is 0. The van der Waals surface area contributed by atoms with Crippen molar-refractivity contribution in [1.82, 2.24) is 14.8 Å². The SMILES string of the molecule is O=c1cc(CSc2nnc(-c3ccc(Cl)cc3)n2-c2ccccc2)c2c(ccc3ccccc32)o1. The lowest BCUT2D eigenvalue weighted by Crippen LogP contribution is -2.02. The molecule has 0 amide bonds. The number of benzene rings is 4. The van der Waals surface area contributed by atoms with E-state index in [1.807, 2.05) is 83.4 Å². The van der Waals surface area contributed by atoms with Gasteiger partial charge < -0.3 is 4.42 Å². The predicted molar refractivity (Wildman–Crippen MR) is 141 cm³/mol. The van der Waals surface area contributed by atoms with E-state index in [1.54, 1.807) is 6.07 Å². The van der Waals surface area contributed by atoms with Crippen LogP contribution in [0.15, 0.2) is 111 Å². The zero-order valence-electron chi connectivity index (χ0n) is 18.4. The summed E-state index contributed by atoms with van der Waals surface area (Å²) in [4.78, 5) is 12.3. The number of aromatic nitrogens is 3. The van der Waals surface area contributed by atoms with Crippen molar-refractivity contribution in [2.75, 3.05) is 0 Å². The Morgan fingerprint density at radius 1 is 0.857 bits per heavy atom. The summed E-state index contributed by atoms with van der Waals surface area (Å²) < 4.78 is 7.55. The number of thioether (sulfide) groups is 1. The van der Waals surface area contributed by atoms with Crippen LogP contribution >= 0.6 is 23.4 Å². The zero-order valence-corrected chi connectivity index (χ0v) is 20.0. The second-order valence-electron chi connectivity index (χ2n) is 8.02. The fourth-order valence-electron chi connectivity index (χ4n) is 4.24. The molecule has 0 saturated heterocycles. The molecule has 0 saturated carbocycles. The first-order chi connectivity index (χ1) is 17.2. The molecule has 0 N–H and O–H groups in total. The van der Waals surface area contributed by atoms with Crippen LogP contribution in [0.5, 0.6) is 0 Å². The van der Waals surface area contributed by atoms with Gasteiger partial charge in [-0.05, 0) is 58.8 Å². The molecule has 6 aromatic rings. The Kier molecular flexibility index (Phi) is 5.60. The van der Waals surface area contributed by atoms with E-state index in [2.05, 4.69) is 22.3 Å². The Hall–Kier alpha value is -3.87. The molecule has 0 bridgehead atoms. The van der Waals surface area contributed by atoms with Crippen LogP contribution in [0.1, 0.15) is 5.56 Å². The van der Waals surface area contributed by atoms with Crippen molar-refractivity contribution in [2.45, 2.75) is 10.9 Å². The standard InChI is InChI=1S/C28H18ClN3O2S/c29-21-13-10-19(11-14-21)27-30-31-28(32(27)22-7-2-1-3-8-22)35-17-20-16-25(33)34-24-15-12-18-6-4-5-9-23(18)26(20)24/h1-16H,17H2. The van der Waals surface area contributed by atoms with Crippen LogP contribution in [-0.4, -0.2) is 14.8 Å². The molecule has 0 aliphatic heterocycles. The fourth-order valence-corrected chi connectivity index (χ4v) is 5.29. The molecule has 5 nitrogen and oxygen atoms in total. The van der Waals surface area contributed by atoms with Crippen LogP contribution in [0.25, 0.3) is 38.8 Å². The summed E-state index contributed by atoms with van der Waals surface area (Å²) in [7, 11) is 0. The molecular formula is C28H18ClN3O2S. The Bertz CT molecular complexity index is 1730. The molecule has 35 heavy (non-hydrogen) atoms. The van der Waals surface area contributed by atoms with Crippen molar-refractivity contribution in [3.63, 3.8) is 0 Å². The molecule has 7 heteroatoms. The Morgan fingerprint density at radius 2 is 1.63 bits per heavy atom. The van der Waals surface area contributed by atoms with Crippen molar-refractivity contribution in [3.05, 3.63) is 118 Å². The molecule has 0 fully saturated rings.